The number of rotatable bonds is 6. The Balaban J connectivity index is 1.24. The van der Waals surface area contributed by atoms with Gasteiger partial charge in [0, 0.05) is 25.7 Å². The van der Waals surface area contributed by atoms with Crippen LogP contribution in [0, 0.1) is 5.92 Å². The van der Waals surface area contributed by atoms with E-state index in [9.17, 15) is 4.79 Å². The minimum atomic E-state index is 0.142. The molecular weight excluding hydrogens is 320 g/mol. The van der Waals surface area contributed by atoms with Gasteiger partial charge in [-0.1, -0.05) is 0 Å². The van der Waals surface area contributed by atoms with E-state index in [1.165, 1.54) is 0 Å². The van der Waals surface area contributed by atoms with Crippen LogP contribution >= 0.6 is 0 Å². The topological polar surface area (TPSA) is 55.2 Å². The van der Waals surface area contributed by atoms with E-state index in [1.807, 2.05) is 17.0 Å². The Morgan fingerprint density at radius 1 is 1.24 bits per heavy atom. The molecule has 138 valence electrons. The average molecular weight is 348 g/mol. The molecule has 6 nitrogen and oxygen atoms in total. The van der Waals surface area contributed by atoms with Gasteiger partial charge in [-0.3, -0.25) is 9.69 Å². The second kappa shape index (κ2) is 7.89. The molecule has 2 aliphatic heterocycles. The summed E-state index contributed by atoms with van der Waals surface area (Å²) in [5.41, 5.74) is 0. The summed E-state index contributed by atoms with van der Waals surface area (Å²) < 4.78 is 17.2. The van der Waals surface area contributed by atoms with Crippen molar-refractivity contribution in [2.45, 2.75) is 44.4 Å². The van der Waals surface area contributed by atoms with Gasteiger partial charge in [0.15, 0.2) is 0 Å². The Morgan fingerprint density at radius 2 is 2.12 bits per heavy atom. The quantitative estimate of drug-likeness (QED) is 0.786. The van der Waals surface area contributed by atoms with Crippen LogP contribution in [-0.2, 0) is 20.8 Å². The summed E-state index contributed by atoms with van der Waals surface area (Å²) in [7, 11) is 0. The van der Waals surface area contributed by atoms with Crippen molar-refractivity contribution in [3.8, 4) is 0 Å². The summed E-state index contributed by atoms with van der Waals surface area (Å²) in [6.07, 6.45) is 6.36. The highest BCUT2D eigenvalue weighted by Crippen LogP contribution is 2.35. The summed E-state index contributed by atoms with van der Waals surface area (Å²) in [4.78, 5) is 16.5. The maximum absolute atomic E-state index is 12.1. The molecule has 1 saturated carbocycles. The molecule has 2 saturated heterocycles. The Kier molecular flexibility index (Phi) is 5.39. The lowest BCUT2D eigenvalue weighted by atomic mass is 10.1. The summed E-state index contributed by atoms with van der Waals surface area (Å²) in [6.45, 7) is 5.24. The number of morpholine rings is 1. The summed E-state index contributed by atoms with van der Waals surface area (Å²) >= 11 is 0. The van der Waals surface area contributed by atoms with E-state index in [0.29, 0.717) is 18.6 Å². The first-order chi connectivity index (χ1) is 12.3. The van der Waals surface area contributed by atoms with Gasteiger partial charge in [0.2, 0.25) is 5.91 Å². The Morgan fingerprint density at radius 3 is 2.92 bits per heavy atom. The molecule has 3 heterocycles. The number of carbonyl (C=O) groups excluding carboxylic acids is 1. The van der Waals surface area contributed by atoms with Crippen LogP contribution in [0.25, 0.3) is 0 Å². The van der Waals surface area contributed by atoms with Crippen LogP contribution in [-0.4, -0.2) is 67.3 Å². The Hall–Kier alpha value is -1.37. The minimum absolute atomic E-state index is 0.142. The molecule has 0 radical (unpaired) electrons. The van der Waals surface area contributed by atoms with Crippen molar-refractivity contribution in [3.05, 3.63) is 24.2 Å². The molecule has 0 spiro atoms. The molecule has 1 aliphatic carbocycles. The van der Waals surface area contributed by atoms with E-state index in [-0.39, 0.29) is 18.6 Å². The number of fused-ring (bicyclic) bond motifs is 1. The van der Waals surface area contributed by atoms with Gasteiger partial charge in [-0.05, 0) is 43.7 Å². The largest absolute Gasteiger partial charge is 0.468 e. The second-order valence-corrected chi connectivity index (χ2v) is 7.47. The highest BCUT2D eigenvalue weighted by molar-refractivity contribution is 5.77. The van der Waals surface area contributed by atoms with E-state index in [0.717, 1.165) is 64.2 Å². The van der Waals surface area contributed by atoms with Crippen LogP contribution < -0.4 is 0 Å². The highest BCUT2D eigenvalue weighted by Gasteiger charge is 2.41. The van der Waals surface area contributed by atoms with Gasteiger partial charge >= 0.3 is 0 Å². The van der Waals surface area contributed by atoms with Crippen LogP contribution in [0.4, 0.5) is 0 Å². The highest BCUT2D eigenvalue weighted by atomic mass is 16.5. The van der Waals surface area contributed by atoms with Crippen molar-refractivity contribution in [2.24, 2.45) is 5.92 Å². The molecule has 0 unspecified atom stereocenters. The molecule has 3 aliphatic rings. The first kappa shape index (κ1) is 17.1. The normalized spacial score (nSPS) is 29.9. The van der Waals surface area contributed by atoms with Gasteiger partial charge < -0.3 is 18.8 Å². The van der Waals surface area contributed by atoms with E-state index in [2.05, 4.69) is 4.90 Å². The van der Waals surface area contributed by atoms with Gasteiger partial charge in [-0.25, -0.2) is 0 Å². The predicted octanol–water partition coefficient (Wildman–Crippen LogP) is 1.90. The van der Waals surface area contributed by atoms with Crippen molar-refractivity contribution in [3.63, 3.8) is 0 Å². The SMILES string of the molecule is O=C(COC[C@@H]1C[C@@H]2OCCN(Cc3ccco3)[C@@H]2C1)N1CCCC1. The van der Waals surface area contributed by atoms with Crippen LogP contribution in [0.2, 0.25) is 0 Å². The zero-order valence-corrected chi connectivity index (χ0v) is 14.8. The van der Waals surface area contributed by atoms with E-state index >= 15 is 0 Å². The Bertz CT molecular complexity index is 556. The van der Waals surface area contributed by atoms with Gasteiger partial charge in [0.1, 0.15) is 12.4 Å². The first-order valence-electron chi connectivity index (χ1n) is 9.53. The molecule has 25 heavy (non-hydrogen) atoms. The number of furan rings is 1. The molecule has 4 rings (SSSR count). The van der Waals surface area contributed by atoms with Crippen LogP contribution in [0.15, 0.2) is 22.8 Å². The van der Waals surface area contributed by atoms with Crippen molar-refractivity contribution >= 4 is 5.91 Å². The molecule has 1 aromatic rings. The van der Waals surface area contributed by atoms with Gasteiger partial charge in [-0.15, -0.1) is 0 Å². The minimum Gasteiger partial charge on any atom is -0.468 e. The summed E-state index contributed by atoms with van der Waals surface area (Å²) in [5.74, 6) is 1.62. The smallest absolute Gasteiger partial charge is 0.248 e. The predicted molar refractivity (Wildman–Crippen MR) is 92.0 cm³/mol. The number of amides is 1. The van der Waals surface area contributed by atoms with Crippen molar-refractivity contribution in [1.29, 1.82) is 0 Å². The number of nitrogens with zero attached hydrogens (tertiary/aromatic N) is 2. The third-order valence-electron chi connectivity index (χ3n) is 5.73. The molecule has 3 atom stereocenters. The maximum Gasteiger partial charge on any atom is 0.248 e. The summed E-state index contributed by atoms with van der Waals surface area (Å²) in [5, 5.41) is 0. The van der Waals surface area contributed by atoms with Crippen molar-refractivity contribution < 1.29 is 18.7 Å². The molecule has 3 fully saturated rings. The first-order valence-corrected chi connectivity index (χ1v) is 9.53. The van der Waals surface area contributed by atoms with E-state index in [1.54, 1.807) is 6.26 Å². The maximum atomic E-state index is 12.1. The van der Waals surface area contributed by atoms with Crippen LogP contribution in [0.3, 0.4) is 0 Å². The molecular formula is C19H28N2O4. The molecule has 0 aromatic carbocycles. The van der Waals surface area contributed by atoms with Gasteiger partial charge in [0.25, 0.3) is 0 Å². The zero-order valence-electron chi connectivity index (χ0n) is 14.8. The van der Waals surface area contributed by atoms with Crippen molar-refractivity contribution in [2.75, 3.05) is 39.5 Å². The second-order valence-electron chi connectivity index (χ2n) is 7.47. The van der Waals surface area contributed by atoms with Crippen molar-refractivity contribution in [1.82, 2.24) is 9.80 Å². The molecule has 1 aromatic heterocycles. The molecule has 0 bridgehead atoms. The number of hydrogen-bond donors (Lipinski definition) is 0. The van der Waals surface area contributed by atoms with Crippen LogP contribution in [0.5, 0.6) is 0 Å². The zero-order chi connectivity index (χ0) is 17.1. The lowest BCUT2D eigenvalue weighted by molar-refractivity contribution is -0.135. The standard InChI is InChI=1S/C19H28N2O4/c22-19(20-5-1-2-6-20)14-23-13-15-10-17-18(11-15)25-9-7-21(17)12-16-4-3-8-24-16/h3-4,8,15,17-18H,1-2,5-7,9-14H2/t15-,17+,18-/m0/s1. The number of carbonyl (C=O) groups is 1. The third kappa shape index (κ3) is 4.07. The number of hydrogen-bond acceptors (Lipinski definition) is 5. The fraction of sp³-hybridized carbons (Fsp3) is 0.737. The molecule has 1 amide bonds. The molecule has 0 N–H and O–H groups in total. The summed E-state index contributed by atoms with van der Waals surface area (Å²) in [6, 6.07) is 4.40. The van der Waals surface area contributed by atoms with Gasteiger partial charge in [0.05, 0.1) is 32.1 Å². The van der Waals surface area contributed by atoms with E-state index < -0.39 is 0 Å². The Labute approximate surface area is 149 Å². The third-order valence-corrected chi connectivity index (χ3v) is 5.73. The van der Waals surface area contributed by atoms with Crippen LogP contribution in [0.1, 0.15) is 31.4 Å². The monoisotopic (exact) mass is 348 g/mol. The number of ether oxygens (including phenoxy) is 2. The van der Waals surface area contributed by atoms with E-state index in [4.69, 9.17) is 13.9 Å². The lowest BCUT2D eigenvalue weighted by Gasteiger charge is -2.37. The lowest BCUT2D eigenvalue weighted by Crippen LogP contribution is -2.47. The van der Waals surface area contributed by atoms with Gasteiger partial charge in [-0.2, -0.15) is 0 Å². The fourth-order valence-electron chi connectivity index (χ4n) is 4.43. The fourth-order valence-corrected chi connectivity index (χ4v) is 4.43. The molecule has 6 heteroatoms. The number of likely N-dealkylation sites (tertiary alicyclic amines) is 1. The average Bonchev–Trinajstić information content (AvgIpc) is 3.36.